The van der Waals surface area contributed by atoms with Crippen molar-refractivity contribution in [2.24, 2.45) is 0 Å². The molecular weight excluding hydrogens is 448 g/mol. The maximum atomic E-state index is 11.8. The van der Waals surface area contributed by atoms with Crippen LogP contribution in [0, 0.1) is 0 Å². The van der Waals surface area contributed by atoms with Crippen LogP contribution in [0.1, 0.15) is 6.92 Å². The largest absolute Gasteiger partial charge is 0.493 e. The number of hydrogen-bond acceptors (Lipinski definition) is 9. The molecule has 11 heteroatoms. The molecule has 1 amide bonds. The van der Waals surface area contributed by atoms with Gasteiger partial charge >= 0.3 is 5.95 Å². The van der Waals surface area contributed by atoms with E-state index in [0.29, 0.717) is 38.9 Å². The molecule has 0 radical (unpaired) electrons. The number of ether oxygens (including phenoxy) is 2. The number of halogens is 1. The van der Waals surface area contributed by atoms with E-state index in [1.807, 2.05) is 0 Å². The van der Waals surface area contributed by atoms with Crippen molar-refractivity contribution < 1.29 is 19.1 Å². The Labute approximate surface area is 194 Å². The number of hydrazine groups is 1. The van der Waals surface area contributed by atoms with Gasteiger partial charge in [-0.25, -0.2) is 10.4 Å². The molecule has 0 unspecified atom stereocenters. The van der Waals surface area contributed by atoms with E-state index in [1.165, 1.54) is 20.2 Å². The highest BCUT2D eigenvalue weighted by molar-refractivity contribution is 6.30. The van der Waals surface area contributed by atoms with Crippen LogP contribution in [0.4, 0.5) is 5.95 Å². The molecular formula is C22H19ClN6O4. The lowest BCUT2D eigenvalue weighted by Gasteiger charge is -2.22. The molecule has 10 nitrogen and oxygen atoms in total. The molecule has 2 heterocycles. The van der Waals surface area contributed by atoms with Crippen molar-refractivity contribution in [1.82, 2.24) is 25.6 Å². The van der Waals surface area contributed by atoms with Crippen LogP contribution in [0.15, 0.2) is 54.9 Å². The van der Waals surface area contributed by atoms with Crippen molar-refractivity contribution in [3.8, 4) is 28.5 Å². The molecule has 33 heavy (non-hydrogen) atoms. The number of benzene rings is 2. The zero-order chi connectivity index (χ0) is 23.4. The average molecular weight is 467 g/mol. The first-order valence-corrected chi connectivity index (χ1v) is 10.1. The Bertz CT molecular complexity index is 1280. The molecule has 0 saturated heterocycles. The molecule has 1 N–H and O–H groups in total. The number of hydrogen-bond donors (Lipinski definition) is 1. The van der Waals surface area contributed by atoms with E-state index in [2.05, 4.69) is 25.6 Å². The van der Waals surface area contributed by atoms with Crippen molar-refractivity contribution >= 4 is 34.4 Å². The summed E-state index contributed by atoms with van der Waals surface area (Å²) in [6, 6.07) is 12.2. The van der Waals surface area contributed by atoms with Gasteiger partial charge in [0.25, 0.3) is 0 Å². The fourth-order valence-electron chi connectivity index (χ4n) is 3.00. The molecule has 2 aromatic heterocycles. The summed E-state index contributed by atoms with van der Waals surface area (Å²) in [6.45, 7) is 1.34. The van der Waals surface area contributed by atoms with Crippen LogP contribution in [-0.4, -0.2) is 40.3 Å². The minimum atomic E-state index is -0.391. The molecule has 0 aliphatic carbocycles. The quantitative estimate of drug-likeness (QED) is 0.408. The fraction of sp³-hybridized carbons (Fsp3) is 0.136. The van der Waals surface area contributed by atoms with E-state index in [-0.39, 0.29) is 5.95 Å². The molecule has 0 saturated carbocycles. The summed E-state index contributed by atoms with van der Waals surface area (Å²) < 4.78 is 10.7. The van der Waals surface area contributed by atoms with Gasteiger partial charge in [-0.05, 0) is 18.2 Å². The van der Waals surface area contributed by atoms with Crippen LogP contribution >= 0.6 is 11.6 Å². The molecule has 0 aliphatic heterocycles. The summed E-state index contributed by atoms with van der Waals surface area (Å²) in [5.74, 6) is 1.03. The minimum Gasteiger partial charge on any atom is -0.493 e. The normalized spacial score (nSPS) is 10.5. The molecule has 168 valence electrons. The third kappa shape index (κ3) is 4.85. The standard InChI is InChI=1S/C22H19ClN6O4/c1-13(30)28-29(22-25-12-18(26-27-22)14-4-6-15(23)7-5-14)33-19-8-9-24-17-11-21(32-3)20(31-2)10-16(17)19/h4-12H,1-3H3,(H,28,30). The summed E-state index contributed by atoms with van der Waals surface area (Å²) in [4.78, 5) is 26.4. The number of amides is 1. The number of carbonyl (C=O) groups excluding carboxylic acids is 1. The number of nitrogens with zero attached hydrogens (tertiary/aromatic N) is 5. The van der Waals surface area contributed by atoms with E-state index in [0.717, 1.165) is 10.7 Å². The molecule has 0 spiro atoms. The number of fused-ring (bicyclic) bond motifs is 1. The third-order valence-corrected chi connectivity index (χ3v) is 4.78. The highest BCUT2D eigenvalue weighted by atomic mass is 35.5. The van der Waals surface area contributed by atoms with Gasteiger partial charge in [0.1, 0.15) is 5.69 Å². The Hall–Kier alpha value is -4.18. The maximum Gasteiger partial charge on any atom is 0.301 e. The Kier molecular flexibility index (Phi) is 6.36. The highest BCUT2D eigenvalue weighted by Crippen LogP contribution is 2.35. The van der Waals surface area contributed by atoms with Gasteiger partial charge in [-0.15, -0.1) is 10.2 Å². The first-order valence-electron chi connectivity index (χ1n) is 9.70. The van der Waals surface area contributed by atoms with Gasteiger partial charge in [0.2, 0.25) is 5.91 Å². The lowest BCUT2D eigenvalue weighted by Crippen LogP contribution is -2.45. The Morgan fingerprint density at radius 2 is 1.70 bits per heavy atom. The van der Waals surface area contributed by atoms with Crippen LogP contribution in [0.2, 0.25) is 5.02 Å². The van der Waals surface area contributed by atoms with Crippen molar-refractivity contribution in [2.45, 2.75) is 6.92 Å². The van der Waals surface area contributed by atoms with Crippen LogP contribution in [-0.2, 0) is 4.79 Å². The first kappa shape index (κ1) is 22.0. The number of pyridine rings is 1. The second kappa shape index (κ2) is 9.53. The van der Waals surface area contributed by atoms with Crippen LogP contribution in [0.25, 0.3) is 22.2 Å². The van der Waals surface area contributed by atoms with Gasteiger partial charge < -0.3 is 14.3 Å². The summed E-state index contributed by atoms with van der Waals surface area (Å²) >= 11 is 5.93. The molecule has 0 atom stereocenters. The fourth-order valence-corrected chi connectivity index (χ4v) is 3.12. The Morgan fingerprint density at radius 1 is 0.970 bits per heavy atom. The van der Waals surface area contributed by atoms with Crippen molar-refractivity contribution in [3.05, 3.63) is 59.9 Å². The lowest BCUT2D eigenvalue weighted by atomic mass is 10.2. The van der Waals surface area contributed by atoms with E-state index in [9.17, 15) is 4.79 Å². The van der Waals surface area contributed by atoms with Gasteiger partial charge in [0.05, 0.1) is 25.9 Å². The van der Waals surface area contributed by atoms with Crippen LogP contribution in [0.5, 0.6) is 17.2 Å². The predicted molar refractivity (Wildman–Crippen MR) is 122 cm³/mol. The van der Waals surface area contributed by atoms with Gasteiger partial charge in [0, 0.05) is 41.2 Å². The van der Waals surface area contributed by atoms with E-state index < -0.39 is 5.91 Å². The van der Waals surface area contributed by atoms with E-state index in [1.54, 1.807) is 55.8 Å². The lowest BCUT2D eigenvalue weighted by molar-refractivity contribution is -0.120. The first-order chi connectivity index (χ1) is 16.0. The minimum absolute atomic E-state index is 0.0216. The van der Waals surface area contributed by atoms with Gasteiger partial charge in [0.15, 0.2) is 17.2 Å². The van der Waals surface area contributed by atoms with E-state index >= 15 is 0 Å². The molecule has 0 fully saturated rings. The van der Waals surface area contributed by atoms with Crippen molar-refractivity contribution in [2.75, 3.05) is 19.4 Å². The molecule has 0 bridgehead atoms. The molecule has 2 aromatic carbocycles. The second-order valence-electron chi connectivity index (χ2n) is 6.74. The van der Waals surface area contributed by atoms with Crippen molar-refractivity contribution in [1.29, 1.82) is 0 Å². The third-order valence-electron chi connectivity index (χ3n) is 4.53. The smallest absolute Gasteiger partial charge is 0.301 e. The number of methoxy groups -OCH3 is 2. The monoisotopic (exact) mass is 466 g/mol. The summed E-state index contributed by atoms with van der Waals surface area (Å²) in [7, 11) is 3.08. The number of nitrogens with one attached hydrogen (secondary N) is 1. The number of aromatic nitrogens is 4. The van der Waals surface area contributed by atoms with Gasteiger partial charge in [-0.2, -0.15) is 0 Å². The summed E-state index contributed by atoms with van der Waals surface area (Å²) in [5.41, 5.74) is 4.47. The zero-order valence-electron chi connectivity index (χ0n) is 17.9. The molecule has 4 aromatic rings. The highest BCUT2D eigenvalue weighted by Gasteiger charge is 2.18. The zero-order valence-corrected chi connectivity index (χ0v) is 18.7. The Morgan fingerprint density at radius 3 is 2.33 bits per heavy atom. The SMILES string of the molecule is COc1cc2nccc(ON(NC(C)=O)c3ncc(-c4ccc(Cl)cc4)nn3)c2cc1OC. The molecule has 4 rings (SSSR count). The summed E-state index contributed by atoms with van der Waals surface area (Å²) in [6.07, 6.45) is 3.08. The Balaban J connectivity index is 1.68. The van der Waals surface area contributed by atoms with Gasteiger partial charge in [-0.3, -0.25) is 9.78 Å². The summed E-state index contributed by atoms with van der Waals surface area (Å²) in [5, 5.41) is 10.6. The second-order valence-corrected chi connectivity index (χ2v) is 7.17. The average Bonchev–Trinajstić information content (AvgIpc) is 2.83. The van der Waals surface area contributed by atoms with Gasteiger partial charge in [-0.1, -0.05) is 28.9 Å². The van der Waals surface area contributed by atoms with Crippen LogP contribution < -0.4 is 24.9 Å². The van der Waals surface area contributed by atoms with Crippen molar-refractivity contribution in [3.63, 3.8) is 0 Å². The topological polar surface area (TPSA) is 112 Å². The molecule has 0 aliphatic rings. The number of anilines is 1. The predicted octanol–water partition coefficient (Wildman–Crippen LogP) is 3.61. The number of rotatable bonds is 7. The maximum absolute atomic E-state index is 11.8. The van der Waals surface area contributed by atoms with Crippen LogP contribution in [0.3, 0.4) is 0 Å². The number of carbonyl (C=O) groups is 1. The van der Waals surface area contributed by atoms with E-state index in [4.69, 9.17) is 25.9 Å².